The monoisotopic (exact) mass is 510 g/mol. The predicted octanol–water partition coefficient (Wildman–Crippen LogP) is 5.35. The Bertz CT molecular complexity index is 1230. The summed E-state index contributed by atoms with van der Waals surface area (Å²) in [6.07, 6.45) is 1.39. The van der Waals surface area contributed by atoms with Crippen LogP contribution in [0.4, 0.5) is 10.5 Å². The van der Waals surface area contributed by atoms with Gasteiger partial charge in [0, 0.05) is 4.47 Å². The van der Waals surface area contributed by atoms with Gasteiger partial charge >= 0.3 is 6.03 Å². The van der Waals surface area contributed by atoms with Gasteiger partial charge in [0.15, 0.2) is 0 Å². The SMILES string of the molecule is O=C1NC(=O)N(c2ccc(Br)cc2)C(=O)/C1=C/c1ccc(OCc2ccccc2)c(Cl)c1. The van der Waals surface area contributed by atoms with Gasteiger partial charge in [0.2, 0.25) is 0 Å². The van der Waals surface area contributed by atoms with Crippen molar-refractivity contribution in [2.24, 2.45) is 0 Å². The highest BCUT2D eigenvalue weighted by Crippen LogP contribution is 2.28. The molecule has 0 saturated carbocycles. The van der Waals surface area contributed by atoms with Crippen molar-refractivity contribution in [3.63, 3.8) is 0 Å². The van der Waals surface area contributed by atoms with E-state index in [1.54, 1.807) is 42.5 Å². The number of imide groups is 2. The maximum absolute atomic E-state index is 13.0. The van der Waals surface area contributed by atoms with Crippen LogP contribution in [0.25, 0.3) is 6.08 Å². The fourth-order valence-corrected chi connectivity index (χ4v) is 3.62. The Labute approximate surface area is 197 Å². The number of amides is 4. The van der Waals surface area contributed by atoms with Gasteiger partial charge in [-0.1, -0.05) is 63.9 Å². The second-order valence-corrected chi connectivity index (χ2v) is 8.22. The fourth-order valence-electron chi connectivity index (χ4n) is 3.11. The lowest BCUT2D eigenvalue weighted by molar-refractivity contribution is -0.122. The largest absolute Gasteiger partial charge is 0.487 e. The number of anilines is 1. The second-order valence-electron chi connectivity index (χ2n) is 6.90. The topological polar surface area (TPSA) is 75.7 Å². The molecule has 1 aliphatic rings. The zero-order chi connectivity index (χ0) is 22.7. The summed E-state index contributed by atoms with van der Waals surface area (Å²) in [5.41, 5.74) is 1.68. The van der Waals surface area contributed by atoms with Gasteiger partial charge < -0.3 is 4.74 Å². The van der Waals surface area contributed by atoms with Crippen molar-refractivity contribution >= 4 is 57.1 Å². The van der Waals surface area contributed by atoms with Crippen molar-refractivity contribution in [2.45, 2.75) is 6.61 Å². The molecular formula is C24H16BrClN2O4. The molecule has 3 aromatic carbocycles. The molecule has 1 aliphatic heterocycles. The van der Waals surface area contributed by atoms with Gasteiger partial charge in [-0.2, -0.15) is 0 Å². The summed E-state index contributed by atoms with van der Waals surface area (Å²) in [4.78, 5) is 38.5. The number of halogens is 2. The standard InChI is InChI=1S/C24H16BrClN2O4/c25-17-7-9-18(10-8-17)28-23(30)19(22(29)27-24(28)31)12-16-6-11-21(20(26)13-16)32-14-15-4-2-1-3-5-15/h1-13H,14H2,(H,27,29,31)/b19-12+. The van der Waals surface area contributed by atoms with E-state index in [0.29, 0.717) is 28.6 Å². The van der Waals surface area contributed by atoms with Crippen LogP contribution in [0.3, 0.4) is 0 Å². The quantitative estimate of drug-likeness (QED) is 0.370. The fraction of sp³-hybridized carbons (Fsp3) is 0.0417. The third-order valence-electron chi connectivity index (χ3n) is 4.69. The summed E-state index contributed by atoms with van der Waals surface area (Å²) in [6.45, 7) is 0.353. The number of rotatable bonds is 5. The molecule has 4 rings (SSSR count). The van der Waals surface area contributed by atoms with Crippen molar-refractivity contribution in [1.29, 1.82) is 0 Å². The van der Waals surface area contributed by atoms with Crippen molar-refractivity contribution in [2.75, 3.05) is 4.90 Å². The highest BCUT2D eigenvalue weighted by Gasteiger charge is 2.36. The Morgan fingerprint density at radius 3 is 2.38 bits per heavy atom. The van der Waals surface area contributed by atoms with Crippen LogP contribution in [0.5, 0.6) is 5.75 Å². The minimum absolute atomic E-state index is 0.179. The molecule has 160 valence electrons. The van der Waals surface area contributed by atoms with Crippen molar-refractivity contribution < 1.29 is 19.1 Å². The van der Waals surface area contributed by atoms with E-state index < -0.39 is 17.8 Å². The zero-order valence-corrected chi connectivity index (χ0v) is 18.9. The van der Waals surface area contributed by atoms with Crippen LogP contribution in [-0.4, -0.2) is 17.8 Å². The molecule has 0 spiro atoms. The number of nitrogens with one attached hydrogen (secondary N) is 1. The van der Waals surface area contributed by atoms with Crippen LogP contribution in [0.15, 0.2) is 82.8 Å². The van der Waals surface area contributed by atoms with Crippen molar-refractivity contribution in [3.05, 3.63) is 99.0 Å². The predicted molar refractivity (Wildman–Crippen MR) is 125 cm³/mol. The van der Waals surface area contributed by atoms with E-state index in [1.807, 2.05) is 30.3 Å². The molecule has 4 amide bonds. The maximum atomic E-state index is 13.0. The van der Waals surface area contributed by atoms with Gasteiger partial charge in [0.1, 0.15) is 17.9 Å². The Morgan fingerprint density at radius 2 is 1.69 bits per heavy atom. The lowest BCUT2D eigenvalue weighted by Crippen LogP contribution is -2.54. The normalized spacial score (nSPS) is 15.1. The molecular weight excluding hydrogens is 496 g/mol. The van der Waals surface area contributed by atoms with Crippen LogP contribution in [0, 0.1) is 0 Å². The molecule has 32 heavy (non-hydrogen) atoms. The molecule has 0 bridgehead atoms. The lowest BCUT2D eigenvalue weighted by atomic mass is 10.1. The first-order valence-corrected chi connectivity index (χ1v) is 10.7. The van der Waals surface area contributed by atoms with Crippen molar-refractivity contribution in [3.8, 4) is 5.75 Å². The van der Waals surface area contributed by atoms with Gasteiger partial charge in [-0.05, 0) is 53.6 Å². The highest BCUT2D eigenvalue weighted by molar-refractivity contribution is 9.10. The van der Waals surface area contributed by atoms with Crippen LogP contribution >= 0.6 is 27.5 Å². The smallest absolute Gasteiger partial charge is 0.335 e. The summed E-state index contributed by atoms with van der Waals surface area (Å²) in [6, 6.07) is 20.4. The Hall–Kier alpha value is -3.42. The maximum Gasteiger partial charge on any atom is 0.335 e. The van der Waals surface area contributed by atoms with Crippen LogP contribution in [-0.2, 0) is 16.2 Å². The van der Waals surface area contributed by atoms with Gasteiger partial charge in [-0.3, -0.25) is 14.9 Å². The average Bonchev–Trinajstić information content (AvgIpc) is 2.78. The van der Waals surface area contributed by atoms with Crippen LogP contribution < -0.4 is 15.0 Å². The van der Waals surface area contributed by atoms with Gasteiger partial charge in [0.05, 0.1) is 10.7 Å². The van der Waals surface area contributed by atoms with E-state index in [1.165, 1.54) is 6.08 Å². The number of carbonyl (C=O) groups is 3. The Kier molecular flexibility index (Phi) is 6.39. The average molecular weight is 512 g/mol. The number of benzene rings is 3. The van der Waals surface area contributed by atoms with E-state index in [4.69, 9.17) is 16.3 Å². The first kappa shape index (κ1) is 21.8. The minimum Gasteiger partial charge on any atom is -0.487 e. The number of hydrogen-bond donors (Lipinski definition) is 1. The lowest BCUT2D eigenvalue weighted by Gasteiger charge is -2.26. The number of nitrogens with zero attached hydrogens (tertiary/aromatic N) is 1. The number of urea groups is 1. The van der Waals surface area contributed by atoms with E-state index >= 15 is 0 Å². The molecule has 0 aromatic heterocycles. The molecule has 0 aliphatic carbocycles. The van der Waals surface area contributed by atoms with E-state index in [9.17, 15) is 14.4 Å². The minimum atomic E-state index is -0.804. The van der Waals surface area contributed by atoms with Crippen LogP contribution in [0.2, 0.25) is 5.02 Å². The summed E-state index contributed by atoms with van der Waals surface area (Å²) < 4.78 is 6.55. The first-order valence-electron chi connectivity index (χ1n) is 9.55. The number of barbiturate groups is 1. The number of ether oxygens (including phenoxy) is 1. The molecule has 1 saturated heterocycles. The number of carbonyl (C=O) groups excluding carboxylic acids is 3. The van der Waals surface area contributed by atoms with E-state index in [-0.39, 0.29) is 5.57 Å². The molecule has 1 heterocycles. The van der Waals surface area contributed by atoms with E-state index in [2.05, 4.69) is 21.2 Å². The van der Waals surface area contributed by atoms with Crippen LogP contribution in [0.1, 0.15) is 11.1 Å². The van der Waals surface area contributed by atoms with Crippen molar-refractivity contribution in [1.82, 2.24) is 5.32 Å². The Morgan fingerprint density at radius 1 is 0.969 bits per heavy atom. The summed E-state index contributed by atoms with van der Waals surface area (Å²) in [5, 5.41) is 2.53. The van der Waals surface area contributed by atoms with Gasteiger partial charge in [0.25, 0.3) is 11.8 Å². The zero-order valence-electron chi connectivity index (χ0n) is 16.5. The molecule has 3 aromatic rings. The molecule has 0 atom stereocenters. The molecule has 6 nitrogen and oxygen atoms in total. The molecule has 0 unspecified atom stereocenters. The first-order chi connectivity index (χ1) is 15.4. The third-order valence-corrected chi connectivity index (χ3v) is 5.51. The summed E-state index contributed by atoms with van der Waals surface area (Å²) in [7, 11) is 0. The van der Waals surface area contributed by atoms with Gasteiger partial charge in [-0.15, -0.1) is 0 Å². The van der Waals surface area contributed by atoms with E-state index in [0.717, 1.165) is 14.9 Å². The Balaban J connectivity index is 1.57. The molecule has 1 N–H and O–H groups in total. The van der Waals surface area contributed by atoms with Gasteiger partial charge in [-0.25, -0.2) is 9.69 Å². The highest BCUT2D eigenvalue weighted by atomic mass is 79.9. The second kappa shape index (κ2) is 9.38. The summed E-state index contributed by atoms with van der Waals surface area (Å²) in [5.74, 6) is -1.01. The number of hydrogen-bond acceptors (Lipinski definition) is 4. The summed E-state index contributed by atoms with van der Waals surface area (Å²) >= 11 is 9.65. The third kappa shape index (κ3) is 4.74. The molecule has 0 radical (unpaired) electrons. The molecule has 8 heteroatoms. The molecule has 1 fully saturated rings.